The number of nitrogens with one attached hydrogen (secondary N) is 2. The van der Waals surface area contributed by atoms with Gasteiger partial charge in [0.2, 0.25) is 0 Å². The molecular weight excluding hydrogens is 372 g/mol. The molecule has 1 aliphatic heterocycles. The third-order valence-corrected chi connectivity index (χ3v) is 5.77. The second kappa shape index (κ2) is 11.1. The lowest BCUT2D eigenvalue weighted by molar-refractivity contribution is 0.102. The fourth-order valence-electron chi connectivity index (χ4n) is 3.93. The normalized spacial score (nSPS) is 14.2. The topological polar surface area (TPSA) is 47.6 Å². The van der Waals surface area contributed by atoms with Crippen LogP contribution >= 0.6 is 0 Å². The summed E-state index contributed by atoms with van der Waals surface area (Å²) in [4.78, 5) is 17.4. The van der Waals surface area contributed by atoms with E-state index in [2.05, 4.69) is 53.5 Å². The summed E-state index contributed by atoms with van der Waals surface area (Å²) in [7, 11) is 2.12. The van der Waals surface area contributed by atoms with Crippen molar-refractivity contribution in [3.63, 3.8) is 0 Å². The summed E-state index contributed by atoms with van der Waals surface area (Å²) >= 11 is 0. The SMILES string of the molecule is CCNCCN(C)Cc1ccc(C(=O)Nc2ccc(N3CCCCC3)cc2C)cc1. The van der Waals surface area contributed by atoms with Crippen LogP contribution in [0.1, 0.15) is 47.7 Å². The number of aryl methyl sites for hydroxylation is 1. The van der Waals surface area contributed by atoms with E-state index in [-0.39, 0.29) is 5.91 Å². The first-order valence-electron chi connectivity index (χ1n) is 11.2. The maximum absolute atomic E-state index is 12.7. The average molecular weight is 409 g/mol. The Labute approximate surface area is 181 Å². The quantitative estimate of drug-likeness (QED) is 0.608. The second-order valence-electron chi connectivity index (χ2n) is 8.29. The molecule has 0 bridgehead atoms. The molecule has 3 rings (SSSR count). The summed E-state index contributed by atoms with van der Waals surface area (Å²) < 4.78 is 0. The summed E-state index contributed by atoms with van der Waals surface area (Å²) in [6.45, 7) is 10.3. The molecule has 5 heteroatoms. The molecule has 2 aromatic rings. The molecule has 0 spiro atoms. The Morgan fingerprint density at radius 3 is 2.47 bits per heavy atom. The highest BCUT2D eigenvalue weighted by Gasteiger charge is 2.13. The van der Waals surface area contributed by atoms with Crippen molar-refractivity contribution in [2.75, 3.05) is 50.0 Å². The number of rotatable bonds is 9. The minimum atomic E-state index is -0.0594. The fourth-order valence-corrected chi connectivity index (χ4v) is 3.93. The van der Waals surface area contributed by atoms with Gasteiger partial charge >= 0.3 is 0 Å². The number of piperidine rings is 1. The van der Waals surface area contributed by atoms with Gasteiger partial charge in [-0.2, -0.15) is 0 Å². The third-order valence-electron chi connectivity index (χ3n) is 5.77. The van der Waals surface area contributed by atoms with E-state index in [0.717, 1.165) is 50.5 Å². The molecule has 0 aliphatic carbocycles. The van der Waals surface area contributed by atoms with Crippen molar-refractivity contribution in [2.24, 2.45) is 0 Å². The molecule has 0 radical (unpaired) electrons. The van der Waals surface area contributed by atoms with Crippen LogP contribution in [-0.4, -0.2) is 50.6 Å². The van der Waals surface area contributed by atoms with Gasteiger partial charge < -0.3 is 20.4 Å². The Hall–Kier alpha value is -2.37. The molecule has 162 valence electrons. The second-order valence-corrected chi connectivity index (χ2v) is 8.29. The maximum atomic E-state index is 12.7. The zero-order valence-corrected chi connectivity index (χ0v) is 18.7. The molecule has 1 fully saturated rings. The van der Waals surface area contributed by atoms with E-state index in [1.165, 1.54) is 30.5 Å². The van der Waals surface area contributed by atoms with Crippen LogP contribution < -0.4 is 15.5 Å². The number of hydrogen-bond donors (Lipinski definition) is 2. The first-order chi connectivity index (χ1) is 14.6. The van der Waals surface area contributed by atoms with Crippen LogP contribution in [0.2, 0.25) is 0 Å². The van der Waals surface area contributed by atoms with E-state index in [0.29, 0.717) is 5.56 Å². The van der Waals surface area contributed by atoms with Crippen LogP contribution in [0.25, 0.3) is 0 Å². The Kier molecular flexibility index (Phi) is 8.29. The molecule has 1 saturated heterocycles. The van der Waals surface area contributed by atoms with E-state index in [4.69, 9.17) is 0 Å². The number of nitrogens with zero attached hydrogens (tertiary/aromatic N) is 2. The summed E-state index contributed by atoms with van der Waals surface area (Å²) in [5, 5.41) is 6.42. The predicted molar refractivity (Wildman–Crippen MR) is 127 cm³/mol. The van der Waals surface area contributed by atoms with E-state index in [1.807, 2.05) is 30.3 Å². The lowest BCUT2D eigenvalue weighted by Gasteiger charge is -2.29. The summed E-state index contributed by atoms with van der Waals surface area (Å²) in [5.41, 5.74) is 5.15. The lowest BCUT2D eigenvalue weighted by Crippen LogP contribution is -2.29. The molecular formula is C25H36N4O. The summed E-state index contributed by atoms with van der Waals surface area (Å²) in [5.74, 6) is -0.0594. The van der Waals surface area contributed by atoms with Crippen molar-refractivity contribution >= 4 is 17.3 Å². The minimum Gasteiger partial charge on any atom is -0.372 e. The fraction of sp³-hybridized carbons (Fsp3) is 0.480. The van der Waals surface area contributed by atoms with E-state index >= 15 is 0 Å². The van der Waals surface area contributed by atoms with E-state index in [1.54, 1.807) is 0 Å². The minimum absolute atomic E-state index is 0.0594. The number of hydrogen-bond acceptors (Lipinski definition) is 4. The van der Waals surface area contributed by atoms with Gasteiger partial charge in [0.25, 0.3) is 5.91 Å². The molecule has 0 aromatic heterocycles. The molecule has 30 heavy (non-hydrogen) atoms. The number of benzene rings is 2. The summed E-state index contributed by atoms with van der Waals surface area (Å²) in [6, 6.07) is 14.3. The standard InChI is InChI=1S/C25H36N4O/c1-4-26-14-17-28(3)19-21-8-10-22(11-9-21)25(30)27-24-13-12-23(18-20(24)2)29-15-6-5-7-16-29/h8-13,18,26H,4-7,14-17,19H2,1-3H3,(H,27,30). The smallest absolute Gasteiger partial charge is 0.255 e. The monoisotopic (exact) mass is 408 g/mol. The van der Waals surface area contributed by atoms with Crippen molar-refractivity contribution in [1.29, 1.82) is 0 Å². The largest absolute Gasteiger partial charge is 0.372 e. The highest BCUT2D eigenvalue weighted by atomic mass is 16.1. The molecule has 5 nitrogen and oxygen atoms in total. The number of amides is 1. The van der Waals surface area contributed by atoms with Crippen molar-refractivity contribution in [3.8, 4) is 0 Å². The molecule has 1 amide bonds. The van der Waals surface area contributed by atoms with Crippen molar-refractivity contribution in [3.05, 3.63) is 59.2 Å². The van der Waals surface area contributed by atoms with Gasteiger partial charge in [-0.25, -0.2) is 0 Å². The van der Waals surface area contributed by atoms with Crippen molar-refractivity contribution < 1.29 is 4.79 Å². The highest BCUT2D eigenvalue weighted by molar-refractivity contribution is 6.04. The highest BCUT2D eigenvalue weighted by Crippen LogP contribution is 2.25. The van der Waals surface area contributed by atoms with Crippen LogP contribution in [0.3, 0.4) is 0 Å². The van der Waals surface area contributed by atoms with Gasteiger partial charge in [-0.1, -0.05) is 19.1 Å². The van der Waals surface area contributed by atoms with Gasteiger partial charge in [0, 0.05) is 49.7 Å². The van der Waals surface area contributed by atoms with Crippen LogP contribution in [0.5, 0.6) is 0 Å². The molecule has 1 heterocycles. The number of anilines is 2. The maximum Gasteiger partial charge on any atom is 0.255 e. The van der Waals surface area contributed by atoms with Crippen molar-refractivity contribution in [1.82, 2.24) is 10.2 Å². The molecule has 0 saturated carbocycles. The van der Waals surface area contributed by atoms with Gasteiger partial charge in [0.05, 0.1) is 0 Å². The average Bonchev–Trinajstić information content (AvgIpc) is 2.76. The Bertz CT molecular complexity index is 812. The van der Waals surface area contributed by atoms with Gasteiger partial charge in [-0.3, -0.25) is 4.79 Å². The Morgan fingerprint density at radius 2 is 1.80 bits per heavy atom. The zero-order valence-electron chi connectivity index (χ0n) is 18.7. The van der Waals surface area contributed by atoms with E-state index in [9.17, 15) is 4.79 Å². The molecule has 1 aliphatic rings. The van der Waals surface area contributed by atoms with Gasteiger partial charge in [-0.15, -0.1) is 0 Å². The molecule has 2 aromatic carbocycles. The van der Waals surface area contributed by atoms with E-state index < -0.39 is 0 Å². The Morgan fingerprint density at radius 1 is 1.07 bits per heavy atom. The predicted octanol–water partition coefficient (Wildman–Crippen LogP) is 4.28. The number of likely N-dealkylation sites (N-methyl/N-ethyl adjacent to an activating group) is 2. The third kappa shape index (κ3) is 6.31. The first kappa shape index (κ1) is 22.3. The summed E-state index contributed by atoms with van der Waals surface area (Å²) in [6.07, 6.45) is 3.85. The van der Waals surface area contributed by atoms with Gasteiger partial charge in [-0.05, 0) is 81.2 Å². The molecule has 2 N–H and O–H groups in total. The van der Waals surface area contributed by atoms with Crippen LogP contribution in [0.4, 0.5) is 11.4 Å². The van der Waals surface area contributed by atoms with Crippen molar-refractivity contribution in [2.45, 2.75) is 39.7 Å². The van der Waals surface area contributed by atoms with Gasteiger partial charge in [0.15, 0.2) is 0 Å². The van der Waals surface area contributed by atoms with Crippen LogP contribution in [0, 0.1) is 6.92 Å². The molecule has 0 unspecified atom stereocenters. The molecule has 0 atom stereocenters. The Balaban J connectivity index is 1.56. The first-order valence-corrected chi connectivity index (χ1v) is 11.2. The van der Waals surface area contributed by atoms with Crippen LogP contribution in [0.15, 0.2) is 42.5 Å². The zero-order chi connectivity index (χ0) is 21.3. The van der Waals surface area contributed by atoms with Gasteiger partial charge in [0.1, 0.15) is 0 Å². The number of carbonyl (C=O) groups excluding carboxylic acids is 1. The van der Waals surface area contributed by atoms with Crippen LogP contribution in [-0.2, 0) is 6.54 Å². The number of carbonyl (C=O) groups is 1. The lowest BCUT2D eigenvalue weighted by atomic mass is 10.1.